The maximum Gasteiger partial charge on any atom is 0.306 e. The van der Waals surface area contributed by atoms with Gasteiger partial charge in [0.15, 0.2) is 6.10 Å². The van der Waals surface area contributed by atoms with Gasteiger partial charge in [-0.05, 0) is 31.1 Å². The Morgan fingerprint density at radius 3 is 0.891 bits per heavy atom. The molecule has 0 saturated carbocycles. The molecule has 0 saturated heterocycles. The van der Waals surface area contributed by atoms with E-state index in [1.54, 1.807) is 0 Å². The molecule has 0 aliphatic heterocycles. The number of ether oxygens (including phenoxy) is 3. The zero-order chi connectivity index (χ0) is 40.5. The molecule has 0 N–H and O–H groups in total. The lowest BCUT2D eigenvalue weighted by Crippen LogP contribution is -2.30. The van der Waals surface area contributed by atoms with Crippen LogP contribution in [0.15, 0.2) is 0 Å². The van der Waals surface area contributed by atoms with E-state index in [4.69, 9.17) is 14.2 Å². The van der Waals surface area contributed by atoms with E-state index >= 15 is 0 Å². The van der Waals surface area contributed by atoms with Crippen LogP contribution >= 0.6 is 0 Å². The molecular formula is C49H94O6. The van der Waals surface area contributed by atoms with Gasteiger partial charge in [0.1, 0.15) is 13.2 Å². The van der Waals surface area contributed by atoms with Gasteiger partial charge in [0.25, 0.3) is 0 Å². The number of esters is 3. The molecule has 0 aliphatic carbocycles. The summed E-state index contributed by atoms with van der Waals surface area (Å²) in [4.78, 5) is 37.6. The number of hydrogen-bond donors (Lipinski definition) is 0. The minimum absolute atomic E-state index is 0.0653. The van der Waals surface area contributed by atoms with Gasteiger partial charge in [0, 0.05) is 19.3 Å². The first kappa shape index (κ1) is 53.4. The van der Waals surface area contributed by atoms with Crippen molar-refractivity contribution >= 4 is 17.9 Å². The number of carbonyl (C=O) groups is 3. The van der Waals surface area contributed by atoms with Gasteiger partial charge in [-0.1, -0.05) is 227 Å². The van der Waals surface area contributed by atoms with Crippen LogP contribution in [0.2, 0.25) is 0 Å². The summed E-state index contributed by atoms with van der Waals surface area (Å²) in [5, 5.41) is 0. The summed E-state index contributed by atoms with van der Waals surface area (Å²) in [6.07, 6.45) is 41.1. The minimum Gasteiger partial charge on any atom is -0.462 e. The SMILES string of the molecule is CCCCCCCCCC(=O)OC[C@H](COC(=O)CCCCCCCCCCC(C)C)OC(=O)CCCCCCCCCCCCCCCCCCC(C)C. The molecule has 0 radical (unpaired) electrons. The van der Waals surface area contributed by atoms with Crippen LogP contribution in [0.4, 0.5) is 0 Å². The fraction of sp³-hybridized carbons (Fsp3) is 0.939. The van der Waals surface area contributed by atoms with Crippen molar-refractivity contribution in [2.24, 2.45) is 11.8 Å². The van der Waals surface area contributed by atoms with Gasteiger partial charge in [-0.15, -0.1) is 0 Å². The fourth-order valence-corrected chi connectivity index (χ4v) is 7.28. The summed E-state index contributed by atoms with van der Waals surface area (Å²) in [5.74, 6) is 0.787. The van der Waals surface area contributed by atoms with E-state index in [1.165, 1.54) is 154 Å². The normalized spacial score (nSPS) is 12.1. The van der Waals surface area contributed by atoms with Gasteiger partial charge in [-0.25, -0.2) is 0 Å². The third-order valence-corrected chi connectivity index (χ3v) is 11.0. The van der Waals surface area contributed by atoms with Crippen molar-refractivity contribution in [1.29, 1.82) is 0 Å². The highest BCUT2D eigenvalue weighted by molar-refractivity contribution is 5.71. The first-order valence-electron chi connectivity index (χ1n) is 24.2. The van der Waals surface area contributed by atoms with Crippen LogP contribution in [-0.4, -0.2) is 37.2 Å². The van der Waals surface area contributed by atoms with E-state index < -0.39 is 6.10 Å². The lowest BCUT2D eigenvalue weighted by molar-refractivity contribution is -0.167. The molecule has 0 amide bonds. The van der Waals surface area contributed by atoms with Crippen LogP contribution in [0.5, 0.6) is 0 Å². The van der Waals surface area contributed by atoms with Crippen molar-refractivity contribution in [3.8, 4) is 0 Å². The van der Waals surface area contributed by atoms with Crippen molar-refractivity contribution < 1.29 is 28.6 Å². The van der Waals surface area contributed by atoms with Crippen molar-refractivity contribution in [3.63, 3.8) is 0 Å². The number of rotatable bonds is 43. The summed E-state index contributed by atoms with van der Waals surface area (Å²) in [5.41, 5.74) is 0. The Hall–Kier alpha value is -1.59. The molecule has 0 spiro atoms. The van der Waals surface area contributed by atoms with E-state index in [9.17, 15) is 14.4 Å². The quantitative estimate of drug-likeness (QED) is 0.0348. The van der Waals surface area contributed by atoms with Crippen LogP contribution in [-0.2, 0) is 28.6 Å². The summed E-state index contributed by atoms with van der Waals surface area (Å²) in [6.45, 7) is 11.3. The lowest BCUT2D eigenvalue weighted by atomic mass is 10.0. The molecule has 0 aromatic rings. The molecule has 326 valence electrons. The zero-order valence-electron chi connectivity index (χ0n) is 37.6. The summed E-state index contributed by atoms with van der Waals surface area (Å²) >= 11 is 0. The van der Waals surface area contributed by atoms with E-state index in [0.717, 1.165) is 69.6 Å². The summed E-state index contributed by atoms with van der Waals surface area (Å²) in [6, 6.07) is 0. The predicted octanol–water partition coefficient (Wildman–Crippen LogP) is 15.4. The van der Waals surface area contributed by atoms with E-state index in [2.05, 4.69) is 34.6 Å². The second kappa shape index (κ2) is 42.0. The topological polar surface area (TPSA) is 78.9 Å². The van der Waals surface area contributed by atoms with E-state index in [1.807, 2.05) is 0 Å². The molecule has 6 nitrogen and oxygen atoms in total. The van der Waals surface area contributed by atoms with E-state index in [0.29, 0.717) is 19.3 Å². The smallest absolute Gasteiger partial charge is 0.306 e. The minimum atomic E-state index is -0.760. The molecule has 0 rings (SSSR count). The van der Waals surface area contributed by atoms with Crippen molar-refractivity contribution in [2.75, 3.05) is 13.2 Å². The van der Waals surface area contributed by atoms with Gasteiger partial charge >= 0.3 is 17.9 Å². The molecule has 0 heterocycles. The molecule has 0 unspecified atom stereocenters. The third-order valence-electron chi connectivity index (χ3n) is 11.0. The summed E-state index contributed by atoms with van der Waals surface area (Å²) < 4.78 is 16.7. The van der Waals surface area contributed by atoms with Gasteiger partial charge in [0.2, 0.25) is 0 Å². The Kier molecular flexibility index (Phi) is 40.8. The van der Waals surface area contributed by atoms with Crippen LogP contribution < -0.4 is 0 Å². The average Bonchev–Trinajstić information content (AvgIpc) is 3.15. The standard InChI is InChI=1S/C49H94O6/c1-6-7-8-9-22-29-34-39-47(50)53-42-46(43-54-48(51)40-35-30-25-21-20-24-28-33-38-45(4)5)55-49(52)41-36-31-26-19-17-15-13-11-10-12-14-16-18-23-27-32-37-44(2)3/h44-46H,6-43H2,1-5H3/t46-/m1/s1. The number of carbonyl (C=O) groups excluding carboxylic acids is 3. The largest absolute Gasteiger partial charge is 0.462 e. The molecule has 0 aliphatic rings. The maximum atomic E-state index is 12.7. The highest BCUT2D eigenvalue weighted by Crippen LogP contribution is 2.17. The average molecular weight is 779 g/mol. The third kappa shape index (κ3) is 43.4. The Morgan fingerprint density at radius 2 is 0.600 bits per heavy atom. The molecule has 0 fully saturated rings. The lowest BCUT2D eigenvalue weighted by Gasteiger charge is -2.18. The predicted molar refractivity (Wildman–Crippen MR) is 233 cm³/mol. The Labute approximate surface area is 342 Å². The van der Waals surface area contributed by atoms with Crippen LogP contribution in [0, 0.1) is 11.8 Å². The molecule has 0 bridgehead atoms. The van der Waals surface area contributed by atoms with Crippen molar-refractivity contribution in [1.82, 2.24) is 0 Å². The summed E-state index contributed by atoms with van der Waals surface area (Å²) in [7, 11) is 0. The van der Waals surface area contributed by atoms with Gasteiger partial charge < -0.3 is 14.2 Å². The van der Waals surface area contributed by atoms with Crippen LogP contribution in [0.1, 0.15) is 266 Å². The Morgan fingerprint density at radius 1 is 0.345 bits per heavy atom. The zero-order valence-corrected chi connectivity index (χ0v) is 37.6. The van der Waals surface area contributed by atoms with Crippen LogP contribution in [0.3, 0.4) is 0 Å². The molecule has 6 heteroatoms. The Balaban J connectivity index is 4.19. The molecule has 1 atom stereocenters. The maximum absolute atomic E-state index is 12.7. The molecule has 55 heavy (non-hydrogen) atoms. The van der Waals surface area contributed by atoms with Crippen molar-refractivity contribution in [2.45, 2.75) is 272 Å². The molecule has 0 aromatic carbocycles. The van der Waals surface area contributed by atoms with Crippen LogP contribution in [0.25, 0.3) is 0 Å². The first-order valence-corrected chi connectivity index (χ1v) is 24.2. The fourth-order valence-electron chi connectivity index (χ4n) is 7.28. The highest BCUT2D eigenvalue weighted by atomic mass is 16.6. The monoisotopic (exact) mass is 779 g/mol. The molecular weight excluding hydrogens is 685 g/mol. The second-order valence-corrected chi connectivity index (χ2v) is 17.7. The number of unbranched alkanes of at least 4 members (excludes halogenated alkanes) is 28. The van der Waals surface area contributed by atoms with Gasteiger partial charge in [-0.3, -0.25) is 14.4 Å². The van der Waals surface area contributed by atoms with Gasteiger partial charge in [-0.2, -0.15) is 0 Å². The number of hydrogen-bond acceptors (Lipinski definition) is 6. The first-order chi connectivity index (χ1) is 26.7. The van der Waals surface area contributed by atoms with Crippen molar-refractivity contribution in [3.05, 3.63) is 0 Å². The molecule has 0 aromatic heterocycles. The highest BCUT2D eigenvalue weighted by Gasteiger charge is 2.19. The van der Waals surface area contributed by atoms with E-state index in [-0.39, 0.29) is 31.1 Å². The second-order valence-electron chi connectivity index (χ2n) is 17.7. The Bertz CT molecular complexity index is 839. The van der Waals surface area contributed by atoms with Gasteiger partial charge in [0.05, 0.1) is 0 Å².